The number of nitriles is 1. The zero-order chi connectivity index (χ0) is 12.0. The zero-order valence-corrected chi connectivity index (χ0v) is 8.84. The van der Waals surface area contributed by atoms with Gasteiger partial charge in [0.1, 0.15) is 12.1 Å². The Kier molecular flexibility index (Phi) is 4.21. The van der Waals surface area contributed by atoms with E-state index >= 15 is 0 Å². The standard InChI is InChI=1S/C10H12N4O2/c1-2-3-7(10(15)16)14-9-8(6-11)12-4-5-13-9/h4-5,7H,2-3H2,1H3,(H,13,14)(H,15,16). The molecular formula is C10H12N4O2. The number of carboxylic acids is 1. The molecule has 1 heterocycles. The molecule has 1 aromatic heterocycles. The van der Waals surface area contributed by atoms with Gasteiger partial charge in [0.2, 0.25) is 0 Å². The van der Waals surface area contributed by atoms with Crippen LogP contribution in [0.1, 0.15) is 25.5 Å². The summed E-state index contributed by atoms with van der Waals surface area (Å²) < 4.78 is 0. The molecule has 0 saturated heterocycles. The van der Waals surface area contributed by atoms with Crippen molar-refractivity contribution in [1.29, 1.82) is 5.26 Å². The first-order valence-electron chi connectivity index (χ1n) is 4.89. The maximum absolute atomic E-state index is 10.9. The molecule has 0 amide bonds. The van der Waals surface area contributed by atoms with E-state index in [1.807, 2.05) is 13.0 Å². The average molecular weight is 220 g/mol. The summed E-state index contributed by atoms with van der Waals surface area (Å²) in [6, 6.07) is 1.11. The first kappa shape index (κ1) is 11.9. The third kappa shape index (κ3) is 2.92. The number of rotatable bonds is 5. The molecule has 84 valence electrons. The Morgan fingerprint density at radius 2 is 2.31 bits per heavy atom. The topological polar surface area (TPSA) is 98.9 Å². The molecule has 0 aliphatic carbocycles. The fourth-order valence-corrected chi connectivity index (χ4v) is 1.24. The molecule has 1 atom stereocenters. The SMILES string of the molecule is CCCC(Nc1nccnc1C#N)C(=O)O. The molecule has 0 aromatic carbocycles. The quantitative estimate of drug-likeness (QED) is 0.768. The number of nitrogens with zero attached hydrogens (tertiary/aromatic N) is 3. The second-order valence-electron chi connectivity index (χ2n) is 3.19. The Bertz CT molecular complexity index is 414. The van der Waals surface area contributed by atoms with Gasteiger partial charge in [0.05, 0.1) is 0 Å². The van der Waals surface area contributed by atoms with Crippen LogP contribution in [-0.2, 0) is 4.79 Å². The maximum Gasteiger partial charge on any atom is 0.326 e. The maximum atomic E-state index is 10.9. The van der Waals surface area contributed by atoms with Crippen LogP contribution in [0.2, 0.25) is 0 Å². The lowest BCUT2D eigenvalue weighted by molar-refractivity contribution is -0.138. The van der Waals surface area contributed by atoms with Crippen LogP contribution in [0.4, 0.5) is 5.82 Å². The van der Waals surface area contributed by atoms with Crippen LogP contribution in [0.5, 0.6) is 0 Å². The predicted octanol–water partition coefficient (Wildman–Crippen LogP) is 1.01. The summed E-state index contributed by atoms with van der Waals surface area (Å²) >= 11 is 0. The molecule has 0 bridgehead atoms. The van der Waals surface area contributed by atoms with E-state index in [1.54, 1.807) is 0 Å². The van der Waals surface area contributed by atoms with Crippen molar-refractivity contribution in [1.82, 2.24) is 9.97 Å². The Morgan fingerprint density at radius 1 is 1.62 bits per heavy atom. The van der Waals surface area contributed by atoms with Crippen molar-refractivity contribution in [3.8, 4) is 6.07 Å². The lowest BCUT2D eigenvalue weighted by atomic mass is 10.1. The normalized spacial score (nSPS) is 11.5. The van der Waals surface area contributed by atoms with Gasteiger partial charge in [-0.05, 0) is 6.42 Å². The van der Waals surface area contributed by atoms with Crippen molar-refractivity contribution in [2.24, 2.45) is 0 Å². The van der Waals surface area contributed by atoms with Crippen LogP contribution in [0.25, 0.3) is 0 Å². The average Bonchev–Trinajstić information content (AvgIpc) is 2.29. The van der Waals surface area contributed by atoms with Crippen LogP contribution in [0.3, 0.4) is 0 Å². The number of anilines is 1. The molecule has 0 aliphatic heterocycles. The molecule has 16 heavy (non-hydrogen) atoms. The smallest absolute Gasteiger partial charge is 0.326 e. The van der Waals surface area contributed by atoms with Crippen molar-refractivity contribution < 1.29 is 9.90 Å². The molecule has 0 spiro atoms. The largest absolute Gasteiger partial charge is 0.480 e. The second-order valence-corrected chi connectivity index (χ2v) is 3.19. The minimum absolute atomic E-state index is 0.102. The highest BCUT2D eigenvalue weighted by Crippen LogP contribution is 2.10. The van der Waals surface area contributed by atoms with Gasteiger partial charge >= 0.3 is 5.97 Å². The molecule has 2 N–H and O–H groups in total. The summed E-state index contributed by atoms with van der Waals surface area (Å²) in [5.74, 6) is -0.748. The van der Waals surface area contributed by atoms with Crippen molar-refractivity contribution >= 4 is 11.8 Å². The third-order valence-electron chi connectivity index (χ3n) is 1.99. The summed E-state index contributed by atoms with van der Waals surface area (Å²) in [7, 11) is 0. The van der Waals surface area contributed by atoms with E-state index in [2.05, 4.69) is 15.3 Å². The Balaban J connectivity index is 2.85. The van der Waals surface area contributed by atoms with E-state index in [9.17, 15) is 4.79 Å². The minimum atomic E-state index is -0.962. The van der Waals surface area contributed by atoms with E-state index in [1.165, 1.54) is 12.4 Å². The van der Waals surface area contributed by atoms with Gasteiger partial charge in [-0.3, -0.25) is 0 Å². The van der Waals surface area contributed by atoms with E-state index in [0.29, 0.717) is 6.42 Å². The minimum Gasteiger partial charge on any atom is -0.480 e. The van der Waals surface area contributed by atoms with Gasteiger partial charge in [-0.15, -0.1) is 0 Å². The summed E-state index contributed by atoms with van der Waals surface area (Å²) in [5.41, 5.74) is 0.102. The Hall–Kier alpha value is -2.16. The van der Waals surface area contributed by atoms with E-state index in [0.717, 1.165) is 6.42 Å². The highest BCUT2D eigenvalue weighted by atomic mass is 16.4. The van der Waals surface area contributed by atoms with Crippen LogP contribution in [0, 0.1) is 11.3 Å². The van der Waals surface area contributed by atoms with Crippen molar-refractivity contribution in [2.45, 2.75) is 25.8 Å². The molecule has 6 heteroatoms. The lowest BCUT2D eigenvalue weighted by Gasteiger charge is -2.14. The number of carboxylic acid groups (broad SMARTS) is 1. The molecular weight excluding hydrogens is 208 g/mol. The van der Waals surface area contributed by atoms with Gasteiger partial charge in [-0.2, -0.15) is 5.26 Å². The Morgan fingerprint density at radius 3 is 2.88 bits per heavy atom. The predicted molar refractivity (Wildman–Crippen MR) is 56.7 cm³/mol. The number of nitrogens with one attached hydrogen (secondary N) is 1. The zero-order valence-electron chi connectivity index (χ0n) is 8.84. The van der Waals surface area contributed by atoms with Gasteiger partial charge in [-0.25, -0.2) is 14.8 Å². The van der Waals surface area contributed by atoms with Gasteiger partial charge in [0.25, 0.3) is 0 Å². The fraction of sp³-hybridized carbons (Fsp3) is 0.400. The van der Waals surface area contributed by atoms with Gasteiger partial charge in [0, 0.05) is 12.4 Å². The number of aliphatic carboxylic acids is 1. The molecule has 6 nitrogen and oxygen atoms in total. The van der Waals surface area contributed by atoms with Crippen molar-refractivity contribution in [2.75, 3.05) is 5.32 Å². The molecule has 1 aromatic rings. The third-order valence-corrected chi connectivity index (χ3v) is 1.99. The molecule has 1 rings (SSSR count). The van der Waals surface area contributed by atoms with Gasteiger partial charge in [0.15, 0.2) is 11.5 Å². The van der Waals surface area contributed by atoms with Crippen molar-refractivity contribution in [3.63, 3.8) is 0 Å². The van der Waals surface area contributed by atoms with Crippen LogP contribution in [0.15, 0.2) is 12.4 Å². The highest BCUT2D eigenvalue weighted by Gasteiger charge is 2.18. The lowest BCUT2D eigenvalue weighted by Crippen LogP contribution is -2.29. The van der Waals surface area contributed by atoms with Gasteiger partial charge < -0.3 is 10.4 Å². The molecule has 0 fully saturated rings. The van der Waals surface area contributed by atoms with Crippen LogP contribution in [-0.4, -0.2) is 27.1 Å². The molecule has 0 aliphatic rings. The number of carbonyl (C=O) groups is 1. The number of hydrogen-bond donors (Lipinski definition) is 2. The van der Waals surface area contributed by atoms with Crippen LogP contribution >= 0.6 is 0 Å². The first-order chi connectivity index (χ1) is 7.69. The summed E-state index contributed by atoms with van der Waals surface area (Å²) in [4.78, 5) is 18.6. The summed E-state index contributed by atoms with van der Waals surface area (Å²) in [6.07, 6.45) is 4.00. The first-order valence-corrected chi connectivity index (χ1v) is 4.89. The monoisotopic (exact) mass is 220 g/mol. The fourth-order valence-electron chi connectivity index (χ4n) is 1.24. The molecule has 0 radical (unpaired) electrons. The van der Waals surface area contributed by atoms with E-state index in [4.69, 9.17) is 10.4 Å². The highest BCUT2D eigenvalue weighted by molar-refractivity contribution is 5.77. The van der Waals surface area contributed by atoms with E-state index < -0.39 is 12.0 Å². The molecule has 1 unspecified atom stereocenters. The summed E-state index contributed by atoms with van der Waals surface area (Å²) in [5, 5.41) is 20.4. The van der Waals surface area contributed by atoms with Crippen LogP contribution < -0.4 is 5.32 Å². The Labute approximate surface area is 93.0 Å². The van der Waals surface area contributed by atoms with Crippen molar-refractivity contribution in [3.05, 3.63) is 18.1 Å². The molecule has 0 saturated carbocycles. The number of aromatic nitrogens is 2. The second kappa shape index (κ2) is 5.66. The number of hydrogen-bond acceptors (Lipinski definition) is 5. The summed E-state index contributed by atoms with van der Waals surface area (Å²) in [6.45, 7) is 1.89. The van der Waals surface area contributed by atoms with E-state index in [-0.39, 0.29) is 11.5 Å². The van der Waals surface area contributed by atoms with Gasteiger partial charge in [-0.1, -0.05) is 13.3 Å².